The van der Waals surface area contributed by atoms with Gasteiger partial charge in [-0.05, 0) is 30.3 Å². The van der Waals surface area contributed by atoms with E-state index in [-0.39, 0.29) is 0 Å². The molecule has 130 valence electrons. The molecule has 0 aliphatic rings. The van der Waals surface area contributed by atoms with Crippen molar-refractivity contribution < 1.29 is 18.3 Å². The molecular formula is C20H15FN2O3. The van der Waals surface area contributed by atoms with Crippen LogP contribution in [0.1, 0.15) is 0 Å². The Morgan fingerprint density at radius 1 is 0.962 bits per heavy atom. The van der Waals surface area contributed by atoms with Gasteiger partial charge in [-0.3, -0.25) is 0 Å². The van der Waals surface area contributed by atoms with Crippen LogP contribution in [0.4, 0.5) is 20.6 Å². The monoisotopic (exact) mass is 350 g/mol. The van der Waals surface area contributed by atoms with Gasteiger partial charge in [0.25, 0.3) is 0 Å². The molecule has 5 nitrogen and oxygen atoms in total. The number of para-hydroxylation sites is 1. The molecule has 0 aliphatic heterocycles. The summed E-state index contributed by atoms with van der Waals surface area (Å²) in [5, 5.41) is 7.16. The molecule has 1 heterocycles. The Morgan fingerprint density at radius 2 is 1.81 bits per heavy atom. The van der Waals surface area contributed by atoms with Crippen LogP contribution in [-0.4, -0.2) is 13.1 Å². The van der Waals surface area contributed by atoms with Crippen LogP contribution in [0.2, 0.25) is 0 Å². The summed E-state index contributed by atoms with van der Waals surface area (Å²) in [4.78, 5) is 12.2. The van der Waals surface area contributed by atoms with E-state index in [1.807, 2.05) is 30.3 Å². The van der Waals surface area contributed by atoms with Gasteiger partial charge in [-0.15, -0.1) is 0 Å². The van der Waals surface area contributed by atoms with Gasteiger partial charge in [-0.1, -0.05) is 24.3 Å². The van der Waals surface area contributed by atoms with Crippen molar-refractivity contribution in [3.05, 3.63) is 66.5 Å². The first-order chi connectivity index (χ1) is 12.6. The number of rotatable bonds is 3. The summed E-state index contributed by atoms with van der Waals surface area (Å²) in [7, 11) is 1.53. The van der Waals surface area contributed by atoms with E-state index in [0.29, 0.717) is 22.7 Å². The van der Waals surface area contributed by atoms with E-state index in [4.69, 9.17) is 9.15 Å². The Hall–Kier alpha value is -3.54. The lowest BCUT2D eigenvalue weighted by atomic mass is 10.1. The van der Waals surface area contributed by atoms with Gasteiger partial charge in [0.15, 0.2) is 0 Å². The minimum atomic E-state index is -0.510. The van der Waals surface area contributed by atoms with Gasteiger partial charge in [0.1, 0.15) is 22.7 Å². The van der Waals surface area contributed by atoms with Crippen LogP contribution in [0, 0.1) is 5.82 Å². The molecule has 0 radical (unpaired) electrons. The van der Waals surface area contributed by atoms with Crippen molar-refractivity contribution in [1.29, 1.82) is 0 Å². The maximum Gasteiger partial charge on any atom is 0.323 e. The molecule has 0 bridgehead atoms. The van der Waals surface area contributed by atoms with Gasteiger partial charge >= 0.3 is 6.03 Å². The van der Waals surface area contributed by atoms with E-state index in [2.05, 4.69) is 10.6 Å². The summed E-state index contributed by atoms with van der Waals surface area (Å²) in [6.07, 6.45) is 0. The number of hydrogen-bond donors (Lipinski definition) is 2. The second-order valence-electron chi connectivity index (χ2n) is 5.74. The number of halogens is 1. The normalized spacial score (nSPS) is 10.8. The minimum Gasteiger partial charge on any atom is -0.495 e. The van der Waals surface area contributed by atoms with Crippen molar-refractivity contribution in [2.45, 2.75) is 0 Å². The summed E-state index contributed by atoms with van der Waals surface area (Å²) < 4.78 is 24.5. The van der Waals surface area contributed by atoms with Gasteiger partial charge in [-0.2, -0.15) is 0 Å². The van der Waals surface area contributed by atoms with E-state index < -0.39 is 11.8 Å². The average molecular weight is 350 g/mol. The molecule has 1 aromatic heterocycles. The molecule has 4 aromatic rings. The zero-order chi connectivity index (χ0) is 18.1. The highest BCUT2D eigenvalue weighted by Gasteiger charge is 2.14. The van der Waals surface area contributed by atoms with Crippen molar-refractivity contribution in [3.63, 3.8) is 0 Å². The van der Waals surface area contributed by atoms with Gasteiger partial charge in [-0.25, -0.2) is 9.18 Å². The van der Waals surface area contributed by atoms with Crippen LogP contribution in [0.5, 0.6) is 5.75 Å². The van der Waals surface area contributed by atoms with Crippen LogP contribution in [0.15, 0.2) is 65.1 Å². The fourth-order valence-corrected chi connectivity index (χ4v) is 2.87. The molecule has 3 aromatic carbocycles. The quantitative estimate of drug-likeness (QED) is 0.521. The Bertz CT molecular complexity index is 1120. The van der Waals surface area contributed by atoms with E-state index >= 15 is 0 Å². The fourth-order valence-electron chi connectivity index (χ4n) is 2.87. The van der Waals surface area contributed by atoms with Crippen LogP contribution in [-0.2, 0) is 0 Å². The first-order valence-electron chi connectivity index (χ1n) is 7.97. The molecule has 0 saturated heterocycles. The number of nitrogens with one attached hydrogen (secondary N) is 2. The number of carbonyl (C=O) groups is 1. The highest BCUT2D eigenvalue weighted by atomic mass is 19.1. The highest BCUT2D eigenvalue weighted by Crippen LogP contribution is 2.36. The Labute approximate surface area is 148 Å². The van der Waals surface area contributed by atoms with Crippen molar-refractivity contribution in [1.82, 2.24) is 0 Å². The fraction of sp³-hybridized carbons (Fsp3) is 0.0500. The van der Waals surface area contributed by atoms with E-state index in [1.54, 1.807) is 12.1 Å². The molecule has 0 atom stereocenters. The lowest BCUT2D eigenvalue weighted by Gasteiger charge is -2.11. The van der Waals surface area contributed by atoms with Gasteiger partial charge in [0, 0.05) is 22.5 Å². The van der Waals surface area contributed by atoms with Crippen molar-refractivity contribution in [2.75, 3.05) is 17.7 Å². The number of fused-ring (bicyclic) bond motifs is 3. The summed E-state index contributed by atoms with van der Waals surface area (Å²) in [5.41, 5.74) is 2.19. The summed E-state index contributed by atoms with van der Waals surface area (Å²) in [6, 6.07) is 16.4. The van der Waals surface area contributed by atoms with Crippen LogP contribution in [0.3, 0.4) is 0 Å². The number of amides is 2. The second-order valence-corrected chi connectivity index (χ2v) is 5.74. The summed E-state index contributed by atoms with van der Waals surface area (Å²) >= 11 is 0. The predicted octanol–water partition coefficient (Wildman–Crippen LogP) is 5.38. The number of carbonyl (C=O) groups excluding carboxylic acids is 1. The Morgan fingerprint density at radius 3 is 2.62 bits per heavy atom. The minimum absolute atomic E-state index is 0.353. The largest absolute Gasteiger partial charge is 0.495 e. The molecule has 2 N–H and O–H groups in total. The topological polar surface area (TPSA) is 63.5 Å². The maximum atomic E-state index is 13.2. The third kappa shape index (κ3) is 2.93. The first kappa shape index (κ1) is 16.0. The predicted molar refractivity (Wildman–Crippen MR) is 99.3 cm³/mol. The molecule has 0 aliphatic carbocycles. The number of hydrogen-bond acceptors (Lipinski definition) is 3. The van der Waals surface area contributed by atoms with Crippen LogP contribution >= 0.6 is 0 Å². The van der Waals surface area contributed by atoms with E-state index in [9.17, 15) is 9.18 Å². The number of urea groups is 1. The summed E-state index contributed by atoms with van der Waals surface area (Å²) in [5.74, 6) is 0.0718. The average Bonchev–Trinajstić information content (AvgIpc) is 2.98. The van der Waals surface area contributed by atoms with Gasteiger partial charge < -0.3 is 19.8 Å². The standard InChI is InChI=1S/C20H15FN2O3/c1-25-19-10-15-14-7-2-3-8-17(14)26-18(15)11-16(19)23-20(24)22-13-6-4-5-12(21)9-13/h2-11H,1H3,(H2,22,23,24). The molecule has 4 rings (SSSR count). The third-order valence-corrected chi connectivity index (χ3v) is 4.03. The van der Waals surface area contributed by atoms with Crippen molar-refractivity contribution >= 4 is 39.3 Å². The number of benzene rings is 3. The Balaban J connectivity index is 1.66. The maximum absolute atomic E-state index is 13.2. The molecule has 2 amide bonds. The van der Waals surface area contributed by atoms with Crippen molar-refractivity contribution in [3.8, 4) is 5.75 Å². The SMILES string of the molecule is COc1cc2c(cc1NC(=O)Nc1cccc(F)c1)oc1ccccc12. The van der Waals surface area contributed by atoms with E-state index in [0.717, 1.165) is 16.4 Å². The molecule has 0 saturated carbocycles. The molecule has 6 heteroatoms. The molecular weight excluding hydrogens is 335 g/mol. The van der Waals surface area contributed by atoms with Crippen LogP contribution in [0.25, 0.3) is 21.9 Å². The zero-order valence-electron chi connectivity index (χ0n) is 13.9. The van der Waals surface area contributed by atoms with Gasteiger partial charge in [0.05, 0.1) is 12.8 Å². The lowest BCUT2D eigenvalue weighted by Crippen LogP contribution is -2.19. The first-order valence-corrected chi connectivity index (χ1v) is 7.97. The lowest BCUT2D eigenvalue weighted by molar-refractivity contribution is 0.262. The smallest absolute Gasteiger partial charge is 0.323 e. The van der Waals surface area contributed by atoms with Crippen molar-refractivity contribution in [2.24, 2.45) is 0 Å². The number of anilines is 2. The molecule has 0 fully saturated rings. The number of furan rings is 1. The third-order valence-electron chi connectivity index (χ3n) is 4.03. The zero-order valence-corrected chi connectivity index (χ0v) is 13.9. The molecule has 0 unspecified atom stereocenters. The number of methoxy groups -OCH3 is 1. The highest BCUT2D eigenvalue weighted by molar-refractivity contribution is 6.08. The molecule has 26 heavy (non-hydrogen) atoms. The molecule has 0 spiro atoms. The summed E-state index contributed by atoms with van der Waals surface area (Å²) in [6.45, 7) is 0. The number of ether oxygens (including phenoxy) is 1. The van der Waals surface area contributed by atoms with Gasteiger partial charge in [0.2, 0.25) is 0 Å². The second kappa shape index (κ2) is 6.40. The Kier molecular flexibility index (Phi) is 3.93. The van der Waals surface area contributed by atoms with Crippen LogP contribution < -0.4 is 15.4 Å². The van der Waals surface area contributed by atoms with E-state index in [1.165, 1.54) is 25.3 Å².